The Balaban J connectivity index is 1.28. The molecule has 10 heteroatoms. The molecule has 0 saturated carbocycles. The number of ether oxygens (including phenoxy) is 1. The molecule has 1 saturated heterocycles. The molecule has 33 heavy (non-hydrogen) atoms. The lowest BCUT2D eigenvalue weighted by molar-refractivity contribution is 0.0398. The van der Waals surface area contributed by atoms with Gasteiger partial charge in [-0.3, -0.25) is 10.2 Å². The van der Waals surface area contributed by atoms with E-state index in [0.717, 1.165) is 45.0 Å². The van der Waals surface area contributed by atoms with E-state index < -0.39 is 6.03 Å². The molecule has 1 aliphatic heterocycles. The van der Waals surface area contributed by atoms with Crippen molar-refractivity contribution in [1.29, 1.82) is 0 Å². The molecule has 2 amide bonds. The van der Waals surface area contributed by atoms with Gasteiger partial charge in [0.25, 0.3) is 0 Å². The Hall–Kier alpha value is -3.94. The van der Waals surface area contributed by atoms with Crippen molar-refractivity contribution in [2.45, 2.75) is 6.92 Å². The van der Waals surface area contributed by atoms with Gasteiger partial charge in [0.05, 0.1) is 24.5 Å². The van der Waals surface area contributed by atoms with Crippen molar-refractivity contribution in [3.05, 3.63) is 59.5 Å². The van der Waals surface area contributed by atoms with Crippen LogP contribution in [0.1, 0.15) is 16.8 Å². The summed E-state index contributed by atoms with van der Waals surface area (Å²) in [6.45, 7) is 6.97. The number of hydrogen-bond donors (Lipinski definition) is 3. The van der Waals surface area contributed by atoms with Gasteiger partial charge in [0.1, 0.15) is 0 Å². The summed E-state index contributed by atoms with van der Waals surface area (Å²) >= 11 is 0. The summed E-state index contributed by atoms with van der Waals surface area (Å²) in [5.74, 6) is 6.96. The maximum Gasteiger partial charge on any atom is 0.326 e. The zero-order valence-electron chi connectivity index (χ0n) is 18.3. The fourth-order valence-corrected chi connectivity index (χ4v) is 3.15. The minimum Gasteiger partial charge on any atom is -0.379 e. The fraction of sp³-hybridized carbons (Fsp3) is 0.304. The Morgan fingerprint density at radius 3 is 2.64 bits per heavy atom. The highest BCUT2D eigenvalue weighted by molar-refractivity contribution is 5.98. The van der Waals surface area contributed by atoms with Crippen LogP contribution < -0.4 is 16.0 Å². The molecule has 1 aromatic carbocycles. The molecule has 0 unspecified atom stereocenters. The summed E-state index contributed by atoms with van der Waals surface area (Å²) < 4.78 is 10.3. The van der Waals surface area contributed by atoms with E-state index in [1.54, 1.807) is 37.5 Å². The Morgan fingerprint density at radius 2 is 1.88 bits per heavy atom. The number of morpholine rings is 1. The van der Waals surface area contributed by atoms with Crippen LogP contribution in [0.15, 0.2) is 47.2 Å². The lowest BCUT2D eigenvalue weighted by Gasteiger charge is -2.26. The number of anilines is 3. The second kappa shape index (κ2) is 11.1. The average Bonchev–Trinajstić information content (AvgIpc) is 3.23. The number of benzene rings is 1. The van der Waals surface area contributed by atoms with Gasteiger partial charge >= 0.3 is 6.03 Å². The van der Waals surface area contributed by atoms with Crippen LogP contribution in [0, 0.1) is 18.8 Å². The van der Waals surface area contributed by atoms with Crippen LogP contribution in [0.5, 0.6) is 0 Å². The molecule has 4 rings (SSSR count). The van der Waals surface area contributed by atoms with Gasteiger partial charge < -0.3 is 19.9 Å². The number of nitrogens with zero attached hydrogens (tertiary/aromatic N) is 4. The molecule has 0 radical (unpaired) electrons. The summed E-state index contributed by atoms with van der Waals surface area (Å²) in [6, 6.07) is 8.43. The quantitative estimate of drug-likeness (QED) is 0.494. The molecule has 3 N–H and O–H groups in total. The van der Waals surface area contributed by atoms with Gasteiger partial charge in [0.2, 0.25) is 11.8 Å². The molecule has 1 fully saturated rings. The minimum absolute atomic E-state index is 0.278. The summed E-state index contributed by atoms with van der Waals surface area (Å²) in [4.78, 5) is 23.1. The molecule has 0 spiro atoms. The average molecular weight is 447 g/mol. The molecule has 170 valence electrons. The zero-order valence-corrected chi connectivity index (χ0v) is 18.3. The second-order valence-corrected chi connectivity index (χ2v) is 7.42. The largest absolute Gasteiger partial charge is 0.379 e. The van der Waals surface area contributed by atoms with Crippen LogP contribution in [-0.4, -0.2) is 65.4 Å². The van der Waals surface area contributed by atoms with Gasteiger partial charge in [-0.2, -0.15) is 0 Å². The van der Waals surface area contributed by atoms with Gasteiger partial charge in [-0.05, 0) is 25.1 Å². The number of carbonyl (C=O) groups is 1. The highest BCUT2D eigenvalue weighted by atomic mass is 16.5. The number of carbonyl (C=O) groups excluding carboxylic acids is 1. The number of aromatic nitrogens is 3. The van der Waals surface area contributed by atoms with E-state index in [9.17, 15) is 4.79 Å². The van der Waals surface area contributed by atoms with Gasteiger partial charge in [-0.15, -0.1) is 0 Å². The lowest BCUT2D eigenvalue weighted by atomic mass is 10.2. The van der Waals surface area contributed by atoms with Crippen molar-refractivity contribution in [3.63, 3.8) is 0 Å². The van der Waals surface area contributed by atoms with Gasteiger partial charge in [0.15, 0.2) is 0 Å². The van der Waals surface area contributed by atoms with E-state index in [1.165, 1.54) is 0 Å². The number of urea groups is 1. The molecule has 0 bridgehead atoms. The third kappa shape index (κ3) is 7.03. The summed E-state index contributed by atoms with van der Waals surface area (Å²) in [5.41, 5.74) is 2.73. The Kier molecular flexibility index (Phi) is 7.48. The zero-order chi connectivity index (χ0) is 22.9. The van der Waals surface area contributed by atoms with E-state index in [2.05, 4.69) is 47.8 Å². The van der Waals surface area contributed by atoms with E-state index in [1.807, 2.05) is 12.1 Å². The maximum atomic E-state index is 12.1. The molecule has 2 aromatic heterocycles. The highest BCUT2D eigenvalue weighted by Gasteiger charge is 2.09. The van der Waals surface area contributed by atoms with Gasteiger partial charge in [-0.1, -0.05) is 23.1 Å². The second-order valence-electron chi connectivity index (χ2n) is 7.42. The maximum absolute atomic E-state index is 12.1. The molecule has 3 aromatic rings. The highest BCUT2D eigenvalue weighted by Crippen LogP contribution is 2.12. The topological polar surface area (TPSA) is 117 Å². The Labute approximate surface area is 191 Å². The molecular formula is C23H25N7O3. The minimum atomic E-state index is -0.429. The Bertz CT molecular complexity index is 1130. The van der Waals surface area contributed by atoms with Crippen molar-refractivity contribution in [3.8, 4) is 11.8 Å². The summed E-state index contributed by atoms with van der Waals surface area (Å²) in [6.07, 6.45) is 3.37. The lowest BCUT2D eigenvalue weighted by Crippen LogP contribution is -2.39. The van der Waals surface area contributed by atoms with Crippen molar-refractivity contribution in [2.24, 2.45) is 0 Å². The molecular weight excluding hydrogens is 422 g/mol. The number of rotatable bonds is 6. The predicted molar refractivity (Wildman–Crippen MR) is 124 cm³/mol. The van der Waals surface area contributed by atoms with Crippen LogP contribution >= 0.6 is 0 Å². The molecule has 0 aliphatic carbocycles. The van der Waals surface area contributed by atoms with E-state index in [4.69, 9.17) is 9.26 Å². The third-order valence-electron chi connectivity index (χ3n) is 4.80. The fourth-order valence-electron chi connectivity index (χ4n) is 3.15. The molecule has 10 nitrogen and oxygen atoms in total. The van der Waals surface area contributed by atoms with E-state index >= 15 is 0 Å². The first-order chi connectivity index (χ1) is 16.1. The van der Waals surface area contributed by atoms with Crippen LogP contribution in [-0.2, 0) is 4.74 Å². The predicted octanol–water partition coefficient (Wildman–Crippen LogP) is 2.56. The van der Waals surface area contributed by atoms with Gasteiger partial charge in [-0.25, -0.2) is 14.8 Å². The van der Waals surface area contributed by atoms with E-state index in [-0.39, 0.29) is 5.88 Å². The Morgan fingerprint density at radius 1 is 1.09 bits per heavy atom. The SMILES string of the molecule is Cc1cc(NC(=O)Nc2cccc(C#Cc3cnc(NCCN4CCOCC4)nc3)c2)on1. The molecule has 1 aliphatic rings. The van der Waals surface area contributed by atoms with Crippen molar-refractivity contribution in [1.82, 2.24) is 20.0 Å². The summed E-state index contributed by atoms with van der Waals surface area (Å²) in [7, 11) is 0. The first-order valence-electron chi connectivity index (χ1n) is 10.6. The molecule has 0 atom stereocenters. The van der Waals surface area contributed by atoms with Crippen LogP contribution in [0.4, 0.5) is 22.3 Å². The van der Waals surface area contributed by atoms with E-state index in [0.29, 0.717) is 22.9 Å². The number of amides is 2. The van der Waals surface area contributed by atoms with Crippen molar-refractivity contribution in [2.75, 3.05) is 55.3 Å². The number of nitrogens with one attached hydrogen (secondary N) is 3. The number of hydrogen-bond acceptors (Lipinski definition) is 8. The standard InChI is InChI=1S/C23H25N7O3/c1-17-13-21(33-29-17)28-23(31)27-20-4-2-3-18(14-20)5-6-19-15-25-22(26-16-19)24-7-8-30-9-11-32-12-10-30/h2-4,13-16H,7-12H2,1H3,(H,24,25,26)(H2,27,28,31). The molecule has 3 heterocycles. The van der Waals surface area contributed by atoms with Crippen LogP contribution in [0.2, 0.25) is 0 Å². The van der Waals surface area contributed by atoms with Crippen LogP contribution in [0.25, 0.3) is 0 Å². The van der Waals surface area contributed by atoms with Crippen LogP contribution in [0.3, 0.4) is 0 Å². The van der Waals surface area contributed by atoms with Crippen molar-refractivity contribution >= 4 is 23.6 Å². The monoisotopic (exact) mass is 447 g/mol. The first kappa shape index (κ1) is 22.3. The van der Waals surface area contributed by atoms with Gasteiger partial charge in [0, 0.05) is 55.9 Å². The summed E-state index contributed by atoms with van der Waals surface area (Å²) in [5, 5.41) is 12.3. The van der Waals surface area contributed by atoms with Crippen molar-refractivity contribution < 1.29 is 14.1 Å². The smallest absolute Gasteiger partial charge is 0.326 e. The third-order valence-corrected chi connectivity index (χ3v) is 4.80. The normalized spacial score (nSPS) is 13.6. The number of aryl methyl sites for hydroxylation is 1. The first-order valence-corrected chi connectivity index (χ1v) is 10.6.